The van der Waals surface area contributed by atoms with Gasteiger partial charge in [-0.25, -0.2) is 5.06 Å². The van der Waals surface area contributed by atoms with E-state index in [9.17, 15) is 4.79 Å². The molecule has 0 heterocycles. The molecule has 4 heteroatoms. The van der Waals surface area contributed by atoms with Gasteiger partial charge in [-0.3, -0.25) is 9.63 Å². The van der Waals surface area contributed by atoms with E-state index in [4.69, 9.17) is 10.1 Å². The van der Waals surface area contributed by atoms with Gasteiger partial charge in [-0.1, -0.05) is 12.1 Å². The van der Waals surface area contributed by atoms with Gasteiger partial charge in [0.15, 0.2) is 0 Å². The Balaban J connectivity index is 2.46. The molecule has 0 saturated heterocycles. The Morgan fingerprint density at radius 3 is 2.56 bits per heavy atom. The zero-order valence-electron chi connectivity index (χ0n) is 10.2. The summed E-state index contributed by atoms with van der Waals surface area (Å²) in [6.45, 7) is 0. The number of nitriles is 1. The molecule has 0 atom stereocenters. The SMILES string of the molecule is CON(C)C(=O)c1ccc2cc(C#N)ccc2c1. The summed E-state index contributed by atoms with van der Waals surface area (Å²) in [6, 6.07) is 12.8. The van der Waals surface area contributed by atoms with Crippen LogP contribution in [0.5, 0.6) is 0 Å². The van der Waals surface area contributed by atoms with Crippen LogP contribution in [0.2, 0.25) is 0 Å². The van der Waals surface area contributed by atoms with Crippen molar-refractivity contribution in [3.8, 4) is 6.07 Å². The second-order valence-electron chi connectivity index (χ2n) is 3.87. The second kappa shape index (κ2) is 4.86. The molecule has 0 bridgehead atoms. The second-order valence-corrected chi connectivity index (χ2v) is 3.87. The fraction of sp³-hybridized carbons (Fsp3) is 0.143. The van der Waals surface area contributed by atoms with Crippen molar-refractivity contribution < 1.29 is 9.63 Å². The van der Waals surface area contributed by atoms with Gasteiger partial charge < -0.3 is 0 Å². The molecule has 2 rings (SSSR count). The van der Waals surface area contributed by atoms with Gasteiger partial charge >= 0.3 is 0 Å². The van der Waals surface area contributed by atoms with Crippen LogP contribution in [0, 0.1) is 11.3 Å². The van der Waals surface area contributed by atoms with Gasteiger partial charge in [0.2, 0.25) is 0 Å². The zero-order valence-corrected chi connectivity index (χ0v) is 10.2. The van der Waals surface area contributed by atoms with Crippen molar-refractivity contribution in [2.24, 2.45) is 0 Å². The summed E-state index contributed by atoms with van der Waals surface area (Å²) in [5, 5.41) is 11.8. The van der Waals surface area contributed by atoms with Gasteiger partial charge in [0, 0.05) is 12.6 Å². The van der Waals surface area contributed by atoms with Crippen molar-refractivity contribution in [2.45, 2.75) is 0 Å². The first-order valence-corrected chi connectivity index (χ1v) is 5.42. The maximum atomic E-state index is 11.9. The molecule has 0 saturated carbocycles. The lowest BCUT2D eigenvalue weighted by atomic mass is 10.0. The molecule has 0 aliphatic carbocycles. The van der Waals surface area contributed by atoms with E-state index in [0.29, 0.717) is 11.1 Å². The third-order valence-corrected chi connectivity index (χ3v) is 2.78. The van der Waals surface area contributed by atoms with Gasteiger partial charge in [0.05, 0.1) is 18.7 Å². The first kappa shape index (κ1) is 12.1. The van der Waals surface area contributed by atoms with Gasteiger partial charge in [-0.15, -0.1) is 0 Å². The van der Waals surface area contributed by atoms with Gasteiger partial charge in [0.25, 0.3) is 5.91 Å². The molecule has 0 fully saturated rings. The molecule has 0 aliphatic heterocycles. The minimum atomic E-state index is -0.205. The number of carbonyl (C=O) groups excluding carboxylic acids is 1. The Morgan fingerprint density at radius 2 is 1.89 bits per heavy atom. The predicted octanol–water partition coefficient (Wildman–Crippen LogP) is 2.34. The molecule has 1 amide bonds. The van der Waals surface area contributed by atoms with E-state index >= 15 is 0 Å². The Labute approximate surface area is 105 Å². The average molecular weight is 240 g/mol. The minimum Gasteiger partial charge on any atom is -0.274 e. The lowest BCUT2D eigenvalue weighted by Gasteiger charge is -2.13. The number of carbonyl (C=O) groups is 1. The van der Waals surface area contributed by atoms with Crippen molar-refractivity contribution in [3.05, 3.63) is 47.5 Å². The van der Waals surface area contributed by atoms with Crippen molar-refractivity contribution in [1.82, 2.24) is 5.06 Å². The molecule has 0 unspecified atom stereocenters. The Kier molecular flexibility index (Phi) is 3.26. The third-order valence-electron chi connectivity index (χ3n) is 2.78. The molecule has 90 valence electrons. The van der Waals surface area contributed by atoms with Crippen LogP contribution in [0.3, 0.4) is 0 Å². The largest absolute Gasteiger partial charge is 0.277 e. The number of benzene rings is 2. The molecule has 2 aromatic rings. The summed E-state index contributed by atoms with van der Waals surface area (Å²) in [5.41, 5.74) is 1.16. The molecule has 0 spiro atoms. The van der Waals surface area contributed by atoms with E-state index in [0.717, 1.165) is 10.8 Å². The summed E-state index contributed by atoms with van der Waals surface area (Å²) in [7, 11) is 3.00. The van der Waals surface area contributed by atoms with Crippen molar-refractivity contribution >= 4 is 16.7 Å². The summed E-state index contributed by atoms with van der Waals surface area (Å²) in [4.78, 5) is 16.7. The number of rotatable bonds is 2. The van der Waals surface area contributed by atoms with E-state index in [1.54, 1.807) is 31.3 Å². The fourth-order valence-electron chi connectivity index (χ4n) is 1.71. The quantitative estimate of drug-likeness (QED) is 0.757. The van der Waals surface area contributed by atoms with Crippen LogP contribution in [0.1, 0.15) is 15.9 Å². The molecule has 0 N–H and O–H groups in total. The number of hydrogen-bond acceptors (Lipinski definition) is 3. The molecule has 0 radical (unpaired) electrons. The van der Waals surface area contributed by atoms with Crippen molar-refractivity contribution in [2.75, 3.05) is 14.2 Å². The number of hydroxylamine groups is 2. The summed E-state index contributed by atoms with van der Waals surface area (Å²) in [5.74, 6) is -0.205. The number of nitrogens with zero attached hydrogens (tertiary/aromatic N) is 2. The highest BCUT2D eigenvalue weighted by Gasteiger charge is 2.11. The highest BCUT2D eigenvalue weighted by atomic mass is 16.7. The van der Waals surface area contributed by atoms with Crippen LogP contribution < -0.4 is 0 Å². The lowest BCUT2D eigenvalue weighted by molar-refractivity contribution is -0.0756. The fourth-order valence-corrected chi connectivity index (χ4v) is 1.71. The molecule has 0 aromatic heterocycles. The molecule has 4 nitrogen and oxygen atoms in total. The smallest absolute Gasteiger partial charge is 0.274 e. The minimum absolute atomic E-state index is 0.205. The molecule has 0 aliphatic rings. The Hall–Kier alpha value is -2.38. The van der Waals surface area contributed by atoms with E-state index in [-0.39, 0.29) is 5.91 Å². The van der Waals surface area contributed by atoms with Crippen LogP contribution in [0.25, 0.3) is 10.8 Å². The van der Waals surface area contributed by atoms with Gasteiger partial charge in [-0.2, -0.15) is 5.26 Å². The number of hydrogen-bond donors (Lipinski definition) is 0. The first-order valence-electron chi connectivity index (χ1n) is 5.42. The van der Waals surface area contributed by atoms with E-state index < -0.39 is 0 Å². The molecular formula is C14H12N2O2. The van der Waals surface area contributed by atoms with Gasteiger partial charge in [0.1, 0.15) is 0 Å². The Bertz CT molecular complexity index is 644. The highest BCUT2D eigenvalue weighted by Crippen LogP contribution is 2.18. The van der Waals surface area contributed by atoms with Gasteiger partial charge in [-0.05, 0) is 35.0 Å². The topological polar surface area (TPSA) is 53.3 Å². The third kappa shape index (κ3) is 2.17. The first-order chi connectivity index (χ1) is 8.65. The monoisotopic (exact) mass is 240 g/mol. The van der Waals surface area contributed by atoms with Crippen LogP contribution in [-0.2, 0) is 4.84 Å². The molecular weight excluding hydrogens is 228 g/mol. The van der Waals surface area contributed by atoms with E-state index in [1.807, 2.05) is 12.1 Å². The lowest BCUT2D eigenvalue weighted by Crippen LogP contribution is -2.25. The summed E-state index contributed by atoms with van der Waals surface area (Å²) >= 11 is 0. The summed E-state index contributed by atoms with van der Waals surface area (Å²) in [6.07, 6.45) is 0. The normalized spacial score (nSPS) is 10.1. The standard InChI is InChI=1S/C14H12N2O2/c1-16(18-2)14(17)13-6-5-11-7-10(9-15)3-4-12(11)8-13/h3-8H,1-2H3. The molecule has 18 heavy (non-hydrogen) atoms. The predicted molar refractivity (Wildman–Crippen MR) is 67.8 cm³/mol. The van der Waals surface area contributed by atoms with E-state index in [2.05, 4.69) is 6.07 Å². The highest BCUT2D eigenvalue weighted by molar-refractivity contribution is 5.98. The van der Waals surface area contributed by atoms with Crippen LogP contribution >= 0.6 is 0 Å². The van der Waals surface area contributed by atoms with Crippen LogP contribution in [0.4, 0.5) is 0 Å². The average Bonchev–Trinajstić information content (AvgIpc) is 2.44. The number of amides is 1. The number of fused-ring (bicyclic) bond motifs is 1. The maximum Gasteiger partial charge on any atom is 0.277 e. The summed E-state index contributed by atoms with van der Waals surface area (Å²) < 4.78 is 0. The maximum absolute atomic E-state index is 11.9. The molecule has 2 aromatic carbocycles. The van der Waals surface area contributed by atoms with E-state index in [1.165, 1.54) is 12.2 Å². The van der Waals surface area contributed by atoms with Crippen LogP contribution in [0.15, 0.2) is 36.4 Å². The van der Waals surface area contributed by atoms with Crippen molar-refractivity contribution in [1.29, 1.82) is 5.26 Å². The Morgan fingerprint density at radius 1 is 1.22 bits per heavy atom. The zero-order chi connectivity index (χ0) is 13.1. The van der Waals surface area contributed by atoms with Crippen molar-refractivity contribution in [3.63, 3.8) is 0 Å². The van der Waals surface area contributed by atoms with Crippen LogP contribution in [-0.4, -0.2) is 25.1 Å².